The van der Waals surface area contributed by atoms with Gasteiger partial charge in [-0.05, 0) is 60.5 Å². The summed E-state index contributed by atoms with van der Waals surface area (Å²) in [7, 11) is 0. The number of benzene rings is 1. The van der Waals surface area contributed by atoms with Crippen molar-refractivity contribution >= 4 is 54.5 Å². The average Bonchev–Trinajstić information content (AvgIpc) is 1.97. The topological polar surface area (TPSA) is 0 Å². The highest BCUT2D eigenvalue weighted by Gasteiger charge is 2.12. The first kappa shape index (κ1) is 9.85. The molecular weight excluding hydrogens is 397 g/mol. The normalized spacial score (nSPS) is 10.3. The monoisotopic (exact) mass is 396 g/mol. The Balaban J connectivity index is 3.46. The molecule has 0 saturated carbocycles. The fourth-order valence-electron chi connectivity index (χ4n) is 0.544. The molecule has 11 heavy (non-hydrogen) atoms. The highest BCUT2D eigenvalue weighted by Crippen LogP contribution is 2.30. The first-order valence-corrected chi connectivity index (χ1v) is 5.19. The van der Waals surface area contributed by atoms with E-state index in [4.69, 9.17) is 0 Å². The van der Waals surface area contributed by atoms with Gasteiger partial charge in [-0.25, -0.2) is 8.78 Å². The van der Waals surface area contributed by atoms with Gasteiger partial charge in [-0.15, -0.1) is 0 Å². The zero-order valence-electron chi connectivity index (χ0n) is 4.97. The summed E-state index contributed by atoms with van der Waals surface area (Å²) in [4.78, 5) is 0. The largest absolute Gasteiger partial charge is 0.206 e. The Labute approximate surface area is 92.8 Å². The van der Waals surface area contributed by atoms with Crippen LogP contribution in [0.1, 0.15) is 0 Å². The maximum absolute atomic E-state index is 12.9. The molecule has 0 atom stereocenters. The number of rotatable bonds is 0. The summed E-state index contributed by atoms with van der Waals surface area (Å²) in [6.45, 7) is 0. The van der Waals surface area contributed by atoms with E-state index in [0.717, 1.165) is 0 Å². The lowest BCUT2D eigenvalue weighted by Crippen LogP contribution is -1.88. The van der Waals surface area contributed by atoms with Crippen molar-refractivity contribution in [3.63, 3.8) is 0 Å². The average molecular weight is 398 g/mol. The van der Waals surface area contributed by atoms with Crippen LogP contribution in [0.25, 0.3) is 0 Å². The van der Waals surface area contributed by atoms with Crippen molar-refractivity contribution in [3.8, 4) is 0 Å². The molecule has 0 fully saturated rings. The molecule has 0 aliphatic heterocycles. The molecule has 0 aliphatic rings. The highest BCUT2D eigenvalue weighted by molar-refractivity contribution is 14.1. The second-order valence-corrected chi connectivity index (χ2v) is 4.53. The first-order chi connectivity index (χ1) is 5.04. The Morgan fingerprint density at radius 3 is 2.27 bits per heavy atom. The highest BCUT2D eigenvalue weighted by atomic mass is 127. The molecular formula is C6HBr2F2I. The minimum Gasteiger partial charge on any atom is -0.206 e. The van der Waals surface area contributed by atoms with Crippen LogP contribution in [0.4, 0.5) is 8.78 Å². The summed E-state index contributed by atoms with van der Waals surface area (Å²) in [5.74, 6) is -1.19. The molecule has 0 bridgehead atoms. The predicted octanol–water partition coefficient (Wildman–Crippen LogP) is 4.09. The van der Waals surface area contributed by atoms with Crippen LogP contribution in [-0.2, 0) is 0 Å². The number of halogens is 5. The van der Waals surface area contributed by atoms with Crippen LogP contribution in [-0.4, -0.2) is 0 Å². The third-order valence-corrected chi connectivity index (χ3v) is 4.15. The minimum absolute atomic E-state index is 0.134. The van der Waals surface area contributed by atoms with Crippen LogP contribution in [0.5, 0.6) is 0 Å². The third kappa shape index (κ3) is 1.92. The van der Waals surface area contributed by atoms with Crippen LogP contribution in [0.2, 0.25) is 0 Å². The van der Waals surface area contributed by atoms with Crippen LogP contribution in [0.3, 0.4) is 0 Å². The zero-order valence-corrected chi connectivity index (χ0v) is 10.3. The summed E-state index contributed by atoms with van der Waals surface area (Å²) < 4.78 is 26.3. The minimum atomic E-state index is -0.602. The van der Waals surface area contributed by atoms with Gasteiger partial charge >= 0.3 is 0 Å². The van der Waals surface area contributed by atoms with Crippen molar-refractivity contribution in [1.29, 1.82) is 0 Å². The molecule has 0 amide bonds. The zero-order chi connectivity index (χ0) is 8.59. The molecule has 1 aromatic carbocycles. The van der Waals surface area contributed by atoms with Gasteiger partial charge in [-0.3, -0.25) is 0 Å². The van der Waals surface area contributed by atoms with E-state index >= 15 is 0 Å². The molecule has 0 unspecified atom stereocenters. The standard InChI is InChI=1S/C6HBr2F2I/c7-4-2(9)1-3(11)5(8)6(4)10/h1H. The van der Waals surface area contributed by atoms with E-state index in [1.165, 1.54) is 6.07 Å². The molecule has 0 aliphatic carbocycles. The Kier molecular flexibility index (Phi) is 3.27. The lowest BCUT2D eigenvalue weighted by molar-refractivity contribution is 0.565. The van der Waals surface area contributed by atoms with Gasteiger partial charge in [0.2, 0.25) is 0 Å². The van der Waals surface area contributed by atoms with E-state index in [1.54, 1.807) is 0 Å². The second kappa shape index (κ2) is 3.66. The van der Waals surface area contributed by atoms with Crippen LogP contribution in [0, 0.1) is 15.2 Å². The lowest BCUT2D eigenvalue weighted by Gasteiger charge is -2.01. The molecule has 0 radical (unpaired) electrons. The second-order valence-electron chi connectivity index (χ2n) is 1.78. The Bertz CT molecular complexity index is 275. The molecule has 0 N–H and O–H groups in total. The predicted molar refractivity (Wildman–Crippen MR) is 54.5 cm³/mol. The van der Waals surface area contributed by atoms with Crippen LogP contribution < -0.4 is 0 Å². The Hall–Kier alpha value is 0.770. The Morgan fingerprint density at radius 1 is 1.18 bits per heavy atom. The number of hydrogen-bond acceptors (Lipinski definition) is 0. The summed E-state index contributed by atoms with van der Waals surface area (Å²) in [5.41, 5.74) is 0. The molecule has 1 rings (SSSR count). The molecule has 60 valence electrons. The molecule has 5 heteroatoms. The molecule has 0 aromatic heterocycles. The maximum atomic E-state index is 12.9. The van der Waals surface area contributed by atoms with Crippen molar-refractivity contribution in [1.82, 2.24) is 0 Å². The quantitative estimate of drug-likeness (QED) is 0.351. The van der Waals surface area contributed by atoms with E-state index < -0.39 is 11.6 Å². The molecule has 0 nitrogen and oxygen atoms in total. The maximum Gasteiger partial charge on any atom is 0.155 e. The van der Waals surface area contributed by atoms with Gasteiger partial charge in [0.1, 0.15) is 5.82 Å². The van der Waals surface area contributed by atoms with Gasteiger partial charge in [0.05, 0.1) is 8.95 Å². The van der Waals surface area contributed by atoms with E-state index in [0.29, 0.717) is 3.57 Å². The third-order valence-electron chi connectivity index (χ3n) is 1.06. The fraction of sp³-hybridized carbons (Fsp3) is 0. The first-order valence-electron chi connectivity index (χ1n) is 2.52. The smallest absolute Gasteiger partial charge is 0.155 e. The van der Waals surface area contributed by atoms with Gasteiger partial charge in [0.25, 0.3) is 0 Å². The molecule has 1 aromatic rings. The van der Waals surface area contributed by atoms with E-state index in [1.807, 2.05) is 22.6 Å². The van der Waals surface area contributed by atoms with E-state index in [9.17, 15) is 8.78 Å². The summed E-state index contributed by atoms with van der Waals surface area (Å²) in [5, 5.41) is 0. The van der Waals surface area contributed by atoms with Crippen molar-refractivity contribution in [3.05, 3.63) is 30.2 Å². The van der Waals surface area contributed by atoms with Crippen molar-refractivity contribution in [2.24, 2.45) is 0 Å². The van der Waals surface area contributed by atoms with Crippen molar-refractivity contribution in [2.75, 3.05) is 0 Å². The van der Waals surface area contributed by atoms with E-state index in [2.05, 4.69) is 31.9 Å². The van der Waals surface area contributed by atoms with Gasteiger partial charge in [-0.1, -0.05) is 0 Å². The SMILES string of the molecule is Fc1cc(I)c(Br)c(F)c1Br. The van der Waals surface area contributed by atoms with E-state index in [-0.39, 0.29) is 8.95 Å². The lowest BCUT2D eigenvalue weighted by atomic mass is 10.3. The van der Waals surface area contributed by atoms with Gasteiger partial charge in [-0.2, -0.15) is 0 Å². The molecule has 0 saturated heterocycles. The number of hydrogen-bond donors (Lipinski definition) is 0. The van der Waals surface area contributed by atoms with Crippen molar-refractivity contribution in [2.45, 2.75) is 0 Å². The van der Waals surface area contributed by atoms with Gasteiger partial charge in [0, 0.05) is 3.57 Å². The summed E-state index contributed by atoms with van der Waals surface area (Å²) in [6, 6.07) is 1.25. The fourth-order valence-corrected chi connectivity index (χ4v) is 1.95. The van der Waals surface area contributed by atoms with Crippen LogP contribution in [0.15, 0.2) is 15.0 Å². The summed E-state index contributed by atoms with van der Waals surface area (Å²) in [6.07, 6.45) is 0. The molecule has 0 heterocycles. The summed E-state index contributed by atoms with van der Waals surface area (Å²) >= 11 is 7.61. The van der Waals surface area contributed by atoms with Crippen molar-refractivity contribution < 1.29 is 8.78 Å². The van der Waals surface area contributed by atoms with Crippen LogP contribution >= 0.6 is 54.5 Å². The Morgan fingerprint density at radius 2 is 1.73 bits per heavy atom. The molecule has 0 spiro atoms. The van der Waals surface area contributed by atoms with Gasteiger partial charge in [0.15, 0.2) is 5.82 Å². The van der Waals surface area contributed by atoms with Gasteiger partial charge < -0.3 is 0 Å².